The Labute approximate surface area is 156 Å². The van der Waals surface area contributed by atoms with Crippen LogP contribution in [0.5, 0.6) is 0 Å². The smallest absolute Gasteiger partial charge is 0.352 e. The second-order valence-electron chi connectivity index (χ2n) is 7.10. The second-order valence-corrected chi connectivity index (χ2v) is 7.51. The zero-order valence-electron chi connectivity index (χ0n) is 14.6. The molecule has 26 heavy (non-hydrogen) atoms. The number of carbonyl (C=O) groups excluding carboxylic acids is 1. The molecule has 4 nitrogen and oxygen atoms in total. The van der Waals surface area contributed by atoms with Crippen molar-refractivity contribution in [1.29, 1.82) is 0 Å². The van der Waals surface area contributed by atoms with Crippen LogP contribution in [0.4, 0.5) is 19.0 Å². The van der Waals surface area contributed by atoms with Crippen molar-refractivity contribution in [3.8, 4) is 0 Å². The average Bonchev–Trinajstić information content (AvgIpc) is 2.62. The largest absolute Gasteiger partial charge is 0.417 e. The van der Waals surface area contributed by atoms with Crippen molar-refractivity contribution < 1.29 is 18.0 Å². The summed E-state index contributed by atoms with van der Waals surface area (Å²) >= 11 is 6.01. The van der Waals surface area contributed by atoms with Gasteiger partial charge in [-0.25, -0.2) is 4.98 Å². The number of nitrogens with zero attached hydrogens (tertiary/aromatic N) is 3. The number of halogens is 4. The molecule has 1 aromatic heterocycles. The van der Waals surface area contributed by atoms with Crippen molar-refractivity contribution in [2.45, 2.75) is 44.7 Å². The van der Waals surface area contributed by atoms with E-state index in [0.717, 1.165) is 25.1 Å². The van der Waals surface area contributed by atoms with Crippen molar-refractivity contribution in [2.24, 2.45) is 5.92 Å². The first kappa shape index (κ1) is 19.3. The van der Waals surface area contributed by atoms with E-state index in [0.29, 0.717) is 44.3 Å². The molecule has 1 aliphatic carbocycles. The summed E-state index contributed by atoms with van der Waals surface area (Å²) in [6.07, 6.45) is 2.92. The van der Waals surface area contributed by atoms with Gasteiger partial charge in [0.25, 0.3) is 0 Å². The summed E-state index contributed by atoms with van der Waals surface area (Å²) in [7, 11) is 0. The third-order valence-corrected chi connectivity index (χ3v) is 5.55. The summed E-state index contributed by atoms with van der Waals surface area (Å²) in [6.45, 7) is 2.14. The summed E-state index contributed by atoms with van der Waals surface area (Å²) in [4.78, 5) is 20.1. The molecular formula is C18H23ClF3N3O. The highest BCUT2D eigenvalue weighted by Crippen LogP contribution is 2.34. The van der Waals surface area contributed by atoms with Crippen LogP contribution >= 0.6 is 11.6 Å². The molecule has 0 bridgehead atoms. The highest BCUT2D eigenvalue weighted by Gasteiger charge is 2.32. The summed E-state index contributed by atoms with van der Waals surface area (Å²) in [5, 5.41) is -0.0122. The van der Waals surface area contributed by atoms with Crippen LogP contribution in [0, 0.1) is 5.92 Å². The van der Waals surface area contributed by atoms with Crippen LogP contribution in [0.25, 0.3) is 0 Å². The van der Waals surface area contributed by atoms with Crippen LogP contribution in [0.15, 0.2) is 12.3 Å². The van der Waals surface area contributed by atoms with Crippen molar-refractivity contribution >= 4 is 23.3 Å². The number of pyridine rings is 1. The zero-order chi connectivity index (χ0) is 18.7. The normalized spacial score (nSPS) is 19.7. The number of hydrogen-bond acceptors (Lipinski definition) is 3. The molecule has 1 amide bonds. The Balaban J connectivity index is 1.55. The van der Waals surface area contributed by atoms with E-state index in [1.54, 1.807) is 0 Å². The highest BCUT2D eigenvalue weighted by molar-refractivity contribution is 6.33. The molecule has 0 spiro atoms. The number of piperazine rings is 1. The van der Waals surface area contributed by atoms with E-state index >= 15 is 0 Å². The van der Waals surface area contributed by atoms with E-state index in [1.165, 1.54) is 19.3 Å². The van der Waals surface area contributed by atoms with Gasteiger partial charge in [0.1, 0.15) is 5.82 Å². The first-order valence-corrected chi connectivity index (χ1v) is 9.48. The van der Waals surface area contributed by atoms with Crippen molar-refractivity contribution in [2.75, 3.05) is 31.1 Å². The molecular weight excluding hydrogens is 367 g/mol. The molecule has 1 saturated heterocycles. The summed E-state index contributed by atoms with van der Waals surface area (Å²) in [6, 6.07) is 0.907. The number of anilines is 1. The van der Waals surface area contributed by atoms with Crippen molar-refractivity contribution in [1.82, 2.24) is 9.88 Å². The molecule has 0 radical (unpaired) electrons. The van der Waals surface area contributed by atoms with Crippen LogP contribution in [-0.4, -0.2) is 42.0 Å². The number of alkyl halides is 3. The van der Waals surface area contributed by atoms with Crippen molar-refractivity contribution in [3.05, 3.63) is 22.8 Å². The van der Waals surface area contributed by atoms with Crippen LogP contribution in [0.3, 0.4) is 0 Å². The topological polar surface area (TPSA) is 36.4 Å². The average molecular weight is 390 g/mol. The molecule has 3 rings (SSSR count). The minimum absolute atomic E-state index is 0.0122. The molecule has 0 aromatic carbocycles. The standard InChI is InChI=1S/C18H23ClF3N3O/c19-15-11-14(18(20,21)22)12-23-17(15)25-8-6-24(7-9-25)16(26)10-13-4-2-1-3-5-13/h11-13H,1-10H2. The molecule has 1 aromatic rings. The van der Waals surface area contributed by atoms with E-state index in [4.69, 9.17) is 11.6 Å². The number of aromatic nitrogens is 1. The van der Waals surface area contributed by atoms with E-state index in [1.807, 2.05) is 9.80 Å². The first-order valence-electron chi connectivity index (χ1n) is 9.10. The van der Waals surface area contributed by atoms with E-state index in [2.05, 4.69) is 4.98 Å². The fourth-order valence-electron chi connectivity index (χ4n) is 3.75. The van der Waals surface area contributed by atoms with Gasteiger partial charge in [0.15, 0.2) is 0 Å². The molecule has 144 valence electrons. The second kappa shape index (κ2) is 8.03. The van der Waals surface area contributed by atoms with Crippen LogP contribution in [0.2, 0.25) is 5.02 Å². The maximum Gasteiger partial charge on any atom is 0.417 e. The number of hydrogen-bond donors (Lipinski definition) is 0. The first-order chi connectivity index (χ1) is 12.3. The monoisotopic (exact) mass is 389 g/mol. The van der Waals surface area contributed by atoms with E-state index in [-0.39, 0.29) is 10.9 Å². The SMILES string of the molecule is O=C(CC1CCCCC1)N1CCN(c2ncc(C(F)(F)F)cc2Cl)CC1. The van der Waals surface area contributed by atoms with Crippen molar-refractivity contribution in [3.63, 3.8) is 0 Å². The Morgan fingerprint density at radius 1 is 1.15 bits per heavy atom. The van der Waals surface area contributed by atoms with Crippen LogP contribution < -0.4 is 4.90 Å². The quantitative estimate of drug-likeness (QED) is 0.770. The Morgan fingerprint density at radius 3 is 2.38 bits per heavy atom. The fraction of sp³-hybridized carbons (Fsp3) is 0.667. The third-order valence-electron chi connectivity index (χ3n) is 5.27. The van der Waals surface area contributed by atoms with Gasteiger partial charge in [0.2, 0.25) is 5.91 Å². The van der Waals surface area contributed by atoms with Gasteiger partial charge in [0, 0.05) is 38.8 Å². The van der Waals surface area contributed by atoms with Crippen LogP contribution in [-0.2, 0) is 11.0 Å². The maximum absolute atomic E-state index is 12.7. The highest BCUT2D eigenvalue weighted by atomic mass is 35.5. The van der Waals surface area contributed by atoms with Gasteiger partial charge >= 0.3 is 6.18 Å². The molecule has 2 fully saturated rings. The third kappa shape index (κ3) is 4.61. The minimum Gasteiger partial charge on any atom is -0.352 e. The number of amides is 1. The lowest BCUT2D eigenvalue weighted by atomic mass is 9.86. The molecule has 0 N–H and O–H groups in total. The predicted octanol–water partition coefficient (Wildman–Crippen LogP) is 4.37. The Bertz CT molecular complexity index is 639. The molecule has 0 unspecified atom stereocenters. The lowest BCUT2D eigenvalue weighted by molar-refractivity contribution is -0.138. The fourth-order valence-corrected chi connectivity index (χ4v) is 4.04. The summed E-state index contributed by atoms with van der Waals surface area (Å²) in [5.74, 6) is 1.03. The van der Waals surface area contributed by atoms with Gasteiger partial charge in [-0.2, -0.15) is 13.2 Å². The zero-order valence-corrected chi connectivity index (χ0v) is 15.3. The van der Waals surface area contributed by atoms with E-state index in [9.17, 15) is 18.0 Å². The molecule has 8 heteroatoms. The molecule has 2 aliphatic rings. The summed E-state index contributed by atoms with van der Waals surface area (Å²) < 4.78 is 38.2. The molecule has 2 heterocycles. The lowest BCUT2D eigenvalue weighted by Gasteiger charge is -2.36. The predicted molar refractivity (Wildman–Crippen MR) is 94.2 cm³/mol. The Hall–Kier alpha value is -1.50. The Morgan fingerprint density at radius 2 is 1.81 bits per heavy atom. The van der Waals surface area contributed by atoms with Gasteiger partial charge in [-0.1, -0.05) is 30.9 Å². The lowest BCUT2D eigenvalue weighted by Crippen LogP contribution is -2.49. The maximum atomic E-state index is 12.7. The molecule has 1 saturated carbocycles. The number of carbonyl (C=O) groups is 1. The van der Waals surface area contributed by atoms with E-state index < -0.39 is 11.7 Å². The minimum atomic E-state index is -4.46. The van der Waals surface area contributed by atoms with Gasteiger partial charge in [-0.3, -0.25) is 4.79 Å². The Kier molecular flexibility index (Phi) is 5.95. The van der Waals surface area contributed by atoms with Gasteiger partial charge < -0.3 is 9.80 Å². The molecule has 0 atom stereocenters. The summed E-state index contributed by atoms with van der Waals surface area (Å²) in [5.41, 5.74) is -0.854. The van der Waals surface area contributed by atoms with Gasteiger partial charge in [-0.05, 0) is 24.8 Å². The molecule has 1 aliphatic heterocycles. The van der Waals surface area contributed by atoms with Gasteiger partial charge in [-0.15, -0.1) is 0 Å². The van der Waals surface area contributed by atoms with Crippen LogP contribution in [0.1, 0.15) is 44.1 Å². The number of rotatable bonds is 3. The van der Waals surface area contributed by atoms with Gasteiger partial charge in [0.05, 0.1) is 10.6 Å².